The molecule has 26 nitrogen and oxygen atoms in total. The number of carbonyl (C=O) groups excluding carboxylic acids is 6. The SMILES string of the molecule is O=C(NO)[C@@H]1C[C@]12CC(c1ccc(OCc3cc(-c4ccccc4)nc4ccccc34)cc1)NC2=O.O=C(NO)[C@H]1C[C@@]12CC(c1ccc(OCc3cc(-c4ccccc4)nc4ccccc34)cc1)NC2=O.O=C(O)[C@@H]1C[C@]12CC(c1ccc(OCc3cc(-c4ccccc4)nc4ccccc34)cc1)NC2=O.O=C(O)[C@H]1C[C@@]12CC(c1ccc(OCc3cc(-c4ccccc4)nc4ccccc34)cc1)NC2=O. The zero-order valence-corrected chi connectivity index (χ0v) is 76.9. The van der Waals surface area contributed by atoms with Crippen LogP contribution in [0.1, 0.15) is 120 Å². The first-order chi connectivity index (χ1) is 69.2. The van der Waals surface area contributed by atoms with Crippen LogP contribution in [0.4, 0.5) is 0 Å². The normalized spacial score (nSPS) is 22.6. The van der Waals surface area contributed by atoms with E-state index in [0.717, 1.165) is 156 Å². The minimum atomic E-state index is -0.886. The molecule has 8 heterocycles. The first kappa shape index (κ1) is 91.6. The van der Waals surface area contributed by atoms with Gasteiger partial charge in [0.2, 0.25) is 35.4 Å². The van der Waals surface area contributed by atoms with Crippen LogP contribution in [0.3, 0.4) is 0 Å². The quantitative estimate of drug-likeness (QED) is 0.0198. The molecular formula is C116H98N10O16. The molecule has 6 amide bonds. The number of carbonyl (C=O) groups is 8. The lowest BCUT2D eigenvalue weighted by Gasteiger charge is -2.13. The number of para-hydroxylation sites is 4. The van der Waals surface area contributed by atoms with Gasteiger partial charge in [0.05, 0.1) is 114 Å². The van der Waals surface area contributed by atoms with Crippen LogP contribution >= 0.6 is 0 Å². The van der Waals surface area contributed by atoms with Crippen molar-refractivity contribution in [3.63, 3.8) is 0 Å². The zero-order valence-electron chi connectivity index (χ0n) is 76.9. The predicted molar refractivity (Wildman–Crippen MR) is 531 cm³/mol. The summed E-state index contributed by atoms with van der Waals surface area (Å²) in [4.78, 5) is 115. The highest BCUT2D eigenvalue weighted by molar-refractivity contribution is 6.00. The summed E-state index contributed by atoms with van der Waals surface area (Å²) in [6.45, 7) is 1.57. The Labute approximate surface area is 815 Å². The van der Waals surface area contributed by atoms with E-state index in [4.69, 9.17) is 49.3 Å². The largest absolute Gasteiger partial charge is 0.489 e. The van der Waals surface area contributed by atoms with Gasteiger partial charge >= 0.3 is 11.9 Å². The highest BCUT2D eigenvalue weighted by Gasteiger charge is 2.70. The van der Waals surface area contributed by atoms with E-state index in [-0.39, 0.29) is 47.8 Å². The number of nitrogens with zero attached hydrogens (tertiary/aromatic N) is 4. The number of rotatable bonds is 24. The van der Waals surface area contributed by atoms with Gasteiger partial charge in [0.15, 0.2) is 0 Å². The lowest BCUT2D eigenvalue weighted by molar-refractivity contribution is -0.141. The van der Waals surface area contributed by atoms with E-state index < -0.39 is 69.1 Å². The Kier molecular flexibility index (Phi) is 24.8. The number of pyridine rings is 4. The van der Waals surface area contributed by atoms with Crippen LogP contribution in [0.15, 0.2) is 340 Å². The number of aromatic nitrogens is 4. The maximum Gasteiger partial charge on any atom is 0.307 e. The summed E-state index contributed by atoms with van der Waals surface area (Å²) >= 11 is 0. The number of aliphatic carboxylic acids is 2. The number of hydroxylamine groups is 2. The van der Waals surface area contributed by atoms with Crippen molar-refractivity contribution in [3.8, 4) is 68.0 Å². The molecule has 708 valence electrons. The molecule has 16 aromatic rings. The third kappa shape index (κ3) is 18.5. The smallest absolute Gasteiger partial charge is 0.307 e. The first-order valence-electron chi connectivity index (χ1n) is 47.5. The maximum absolute atomic E-state index is 12.5. The number of carboxylic acid groups (broad SMARTS) is 2. The van der Waals surface area contributed by atoms with Gasteiger partial charge in [0.25, 0.3) is 0 Å². The van der Waals surface area contributed by atoms with Gasteiger partial charge in [-0.1, -0.05) is 243 Å². The highest BCUT2D eigenvalue weighted by Crippen LogP contribution is 2.64. The van der Waals surface area contributed by atoms with Crippen molar-refractivity contribution >= 4 is 91.0 Å². The van der Waals surface area contributed by atoms with Gasteiger partial charge in [-0.25, -0.2) is 30.9 Å². The van der Waals surface area contributed by atoms with E-state index in [0.29, 0.717) is 77.8 Å². The van der Waals surface area contributed by atoms with E-state index in [1.54, 1.807) is 11.0 Å². The fourth-order valence-corrected chi connectivity index (χ4v) is 21.0. The molecule has 12 aromatic carbocycles. The molecule has 8 fully saturated rings. The number of ether oxygens (including phenoxy) is 4. The molecule has 4 saturated carbocycles. The third-order valence-corrected chi connectivity index (χ3v) is 29.2. The maximum atomic E-state index is 12.5. The second-order valence-corrected chi connectivity index (χ2v) is 37.8. The lowest BCUT2D eigenvalue weighted by Crippen LogP contribution is -2.28. The number of benzene rings is 12. The molecule has 0 radical (unpaired) electrons. The summed E-state index contributed by atoms with van der Waals surface area (Å²) < 4.78 is 24.6. The number of nitrogens with one attached hydrogen (secondary N) is 6. The van der Waals surface area contributed by atoms with Crippen molar-refractivity contribution in [3.05, 3.63) is 384 Å². The minimum Gasteiger partial charge on any atom is -0.489 e. The Morgan fingerprint density at radius 1 is 0.275 bits per heavy atom. The molecule has 4 aromatic heterocycles. The first-order valence-corrected chi connectivity index (χ1v) is 47.5. The fraction of sp³-hybridized carbons (Fsp3) is 0.207. The van der Waals surface area contributed by atoms with Crippen molar-refractivity contribution in [2.24, 2.45) is 45.3 Å². The summed E-state index contributed by atoms with van der Waals surface area (Å²) in [6, 6.07) is 111. The summed E-state index contributed by atoms with van der Waals surface area (Å²) in [7, 11) is 0. The topological polar surface area (TPSA) is 378 Å². The van der Waals surface area contributed by atoms with Crippen molar-refractivity contribution in [1.29, 1.82) is 0 Å². The fourth-order valence-electron chi connectivity index (χ4n) is 21.0. The summed E-state index contributed by atoms with van der Waals surface area (Å²) in [5.74, 6) is -2.45. The molecule has 26 heteroatoms. The average Bonchev–Trinajstić information content (AvgIpc) is 1.57. The van der Waals surface area contributed by atoms with Crippen LogP contribution in [0.5, 0.6) is 23.0 Å². The van der Waals surface area contributed by atoms with Crippen LogP contribution in [0, 0.1) is 45.3 Å². The second-order valence-electron chi connectivity index (χ2n) is 37.8. The molecule has 12 atom stereocenters. The van der Waals surface area contributed by atoms with Crippen molar-refractivity contribution in [2.75, 3.05) is 0 Å². The van der Waals surface area contributed by atoms with Crippen LogP contribution in [0.25, 0.3) is 88.6 Å². The third-order valence-electron chi connectivity index (χ3n) is 29.2. The number of fused-ring (bicyclic) bond motifs is 4. The van der Waals surface area contributed by atoms with Crippen LogP contribution < -0.4 is 51.2 Å². The molecule has 4 saturated heterocycles. The average molecular weight is 1890 g/mol. The second kappa shape index (κ2) is 38.5. The van der Waals surface area contributed by atoms with E-state index in [9.17, 15) is 48.6 Å². The Hall–Kier alpha value is -16.8. The van der Waals surface area contributed by atoms with Gasteiger partial charge in [-0.05, 0) is 171 Å². The molecule has 10 N–H and O–H groups in total. The van der Waals surface area contributed by atoms with Crippen LogP contribution in [0.2, 0.25) is 0 Å². The molecule has 4 aliphatic carbocycles. The number of amides is 6. The molecule has 8 aliphatic rings. The Morgan fingerprint density at radius 2 is 0.479 bits per heavy atom. The monoisotopic (exact) mass is 1890 g/mol. The van der Waals surface area contributed by atoms with Crippen molar-refractivity contribution in [1.82, 2.24) is 52.2 Å². The lowest BCUT2D eigenvalue weighted by atomic mass is 9.95. The minimum absolute atomic E-state index is 0.125. The molecule has 0 bridgehead atoms. The molecule has 142 heavy (non-hydrogen) atoms. The number of hydrogen-bond acceptors (Lipinski definition) is 18. The van der Waals surface area contributed by atoms with E-state index in [1.807, 2.05) is 291 Å². The number of carboxylic acids is 2. The Bertz CT molecular complexity index is 7120. The highest BCUT2D eigenvalue weighted by atomic mass is 16.5. The standard InChI is InChI=1S/2C29H25N3O4.2C29H24N2O4/c2*33-27(32-35)23-15-29(23)16-26(31-28(29)34)19-10-12-21(13-11-19)36-17-20-14-25(18-6-2-1-3-7-18)30-24-9-5-4-8-22(20)24;2*32-27(33)23-15-29(23)16-26(31-28(29)34)19-10-12-21(13-11-19)35-17-20-14-25(18-6-2-1-3-7-18)30-24-9-5-4-8-22(20)24/h2*1-14,23,26,35H,15-17H2,(H,31,34)(H,32,33);2*1-14,23,26H,15-17H2,(H,31,34)(H,32,33)/t4*23-,26?,29-/m1010/s1. The van der Waals surface area contributed by atoms with E-state index >= 15 is 0 Å². The van der Waals surface area contributed by atoms with E-state index in [2.05, 4.69) is 69.8 Å². The Balaban J connectivity index is 0.000000112. The molecule has 4 spiro atoms. The number of hydrogen-bond donors (Lipinski definition) is 10. The van der Waals surface area contributed by atoms with Crippen molar-refractivity contribution in [2.45, 2.75) is 102 Å². The van der Waals surface area contributed by atoms with Gasteiger partial charge in [-0.15, -0.1) is 0 Å². The predicted octanol–water partition coefficient (Wildman–Crippen LogP) is 19.4. The van der Waals surface area contributed by atoms with Crippen LogP contribution in [-0.2, 0) is 64.8 Å². The van der Waals surface area contributed by atoms with Gasteiger partial charge < -0.3 is 50.4 Å². The van der Waals surface area contributed by atoms with Crippen molar-refractivity contribution < 1.29 is 77.9 Å². The molecule has 4 aliphatic heterocycles. The summed E-state index contributed by atoms with van der Waals surface area (Å²) in [5.41, 5.74) is 20.1. The summed E-state index contributed by atoms with van der Waals surface area (Å²) in [6.07, 6.45) is 3.91. The van der Waals surface area contributed by atoms with Gasteiger partial charge in [0, 0.05) is 66.1 Å². The van der Waals surface area contributed by atoms with Gasteiger partial charge in [-0.3, -0.25) is 48.8 Å². The Morgan fingerprint density at radius 3 is 0.690 bits per heavy atom. The molecule has 24 rings (SSSR count). The van der Waals surface area contributed by atoms with E-state index in [1.165, 1.54) is 0 Å². The summed E-state index contributed by atoms with van der Waals surface area (Å²) in [5, 5.41) is 52.6. The van der Waals surface area contributed by atoms with Gasteiger partial charge in [-0.2, -0.15) is 0 Å². The van der Waals surface area contributed by atoms with Gasteiger partial charge in [0.1, 0.15) is 49.4 Å². The molecule has 4 unspecified atom stereocenters. The van der Waals surface area contributed by atoms with Crippen LogP contribution in [-0.4, -0.2) is 87.9 Å². The molecular weight excluding hydrogens is 1790 g/mol. The zero-order chi connectivity index (χ0) is 97.4.